The van der Waals surface area contributed by atoms with E-state index in [4.69, 9.17) is 33.0 Å². The van der Waals surface area contributed by atoms with Gasteiger partial charge in [-0.1, -0.05) is 0 Å². The van der Waals surface area contributed by atoms with Gasteiger partial charge in [-0.2, -0.15) is 0 Å². The number of alkyl halides is 2. The molecular weight excluding hydrogens is 285 g/mol. The highest BCUT2D eigenvalue weighted by molar-refractivity contribution is 6.18. The largest absolute Gasteiger partial charge is 0.394 e. The third-order valence-electron chi connectivity index (χ3n) is 2.97. The Hall–Kier alpha value is 0.340. The summed E-state index contributed by atoms with van der Waals surface area (Å²) in [4.78, 5) is 1.67. The topological polar surface area (TPSA) is 93.4 Å². The third kappa shape index (κ3) is 3.68. The molecule has 0 amide bonds. The van der Waals surface area contributed by atoms with E-state index in [1.165, 1.54) is 0 Å². The van der Waals surface area contributed by atoms with E-state index in [-0.39, 0.29) is 0 Å². The van der Waals surface area contributed by atoms with E-state index in [2.05, 4.69) is 0 Å². The Labute approximate surface area is 116 Å². The summed E-state index contributed by atoms with van der Waals surface area (Å²) in [6.45, 7) is 0.380. The molecule has 8 heteroatoms. The molecule has 0 aromatic heterocycles. The van der Waals surface area contributed by atoms with E-state index in [9.17, 15) is 15.3 Å². The molecule has 0 aromatic rings. The van der Waals surface area contributed by atoms with Gasteiger partial charge in [0, 0.05) is 24.8 Å². The van der Waals surface area contributed by atoms with Crippen LogP contribution < -0.4 is 0 Å². The Bertz CT molecular complexity index is 240. The van der Waals surface area contributed by atoms with Crippen molar-refractivity contribution < 1.29 is 25.2 Å². The summed E-state index contributed by atoms with van der Waals surface area (Å²) in [5.74, 6) is 0.623. The molecule has 0 radical (unpaired) electrons. The Morgan fingerprint density at radius 2 is 1.50 bits per heavy atom. The molecule has 1 heterocycles. The summed E-state index contributed by atoms with van der Waals surface area (Å²) in [5, 5.41) is 38.3. The van der Waals surface area contributed by atoms with Gasteiger partial charge in [-0.25, -0.2) is 0 Å². The minimum atomic E-state index is -1.38. The quantitative estimate of drug-likeness (QED) is 0.450. The lowest BCUT2D eigenvalue weighted by Crippen LogP contribution is -2.63. The van der Waals surface area contributed by atoms with Crippen molar-refractivity contribution in [2.45, 2.75) is 30.6 Å². The average molecular weight is 304 g/mol. The van der Waals surface area contributed by atoms with Crippen molar-refractivity contribution in [2.75, 3.05) is 31.5 Å². The van der Waals surface area contributed by atoms with Crippen molar-refractivity contribution in [3.8, 4) is 0 Å². The fourth-order valence-corrected chi connectivity index (χ4v) is 2.40. The maximum Gasteiger partial charge on any atom is 0.140 e. The van der Waals surface area contributed by atoms with Crippen LogP contribution in [0.2, 0.25) is 0 Å². The van der Waals surface area contributed by atoms with Gasteiger partial charge < -0.3 is 25.2 Å². The number of rotatable bonds is 6. The number of hydrogen-bond acceptors (Lipinski definition) is 6. The number of ether oxygens (including phenoxy) is 1. The predicted molar refractivity (Wildman–Crippen MR) is 66.8 cm³/mol. The first-order valence-corrected chi connectivity index (χ1v) is 6.80. The number of halogens is 2. The highest BCUT2D eigenvalue weighted by atomic mass is 35.5. The van der Waals surface area contributed by atoms with Crippen LogP contribution >= 0.6 is 23.2 Å². The highest BCUT2D eigenvalue weighted by Gasteiger charge is 2.45. The lowest BCUT2D eigenvalue weighted by atomic mass is 9.98. The van der Waals surface area contributed by atoms with Crippen molar-refractivity contribution in [2.24, 2.45) is 0 Å². The molecule has 1 aliphatic rings. The minimum Gasteiger partial charge on any atom is -0.394 e. The second-order valence-corrected chi connectivity index (χ2v) is 4.89. The van der Waals surface area contributed by atoms with E-state index in [1.54, 1.807) is 4.90 Å². The van der Waals surface area contributed by atoms with Crippen LogP contribution in [0.1, 0.15) is 0 Å². The van der Waals surface area contributed by atoms with Gasteiger partial charge in [0.25, 0.3) is 0 Å². The summed E-state index contributed by atoms with van der Waals surface area (Å²) in [6.07, 6.45) is -5.78. The van der Waals surface area contributed by atoms with Crippen LogP contribution in [0.3, 0.4) is 0 Å². The van der Waals surface area contributed by atoms with Crippen molar-refractivity contribution in [3.63, 3.8) is 0 Å². The van der Waals surface area contributed by atoms with Gasteiger partial charge in [-0.15, -0.1) is 23.2 Å². The lowest BCUT2D eigenvalue weighted by molar-refractivity contribution is -0.264. The van der Waals surface area contributed by atoms with Gasteiger partial charge in [-0.05, 0) is 0 Å². The maximum atomic E-state index is 9.90. The zero-order valence-electron chi connectivity index (χ0n) is 9.82. The summed E-state index contributed by atoms with van der Waals surface area (Å²) in [5.41, 5.74) is 0. The molecule has 5 unspecified atom stereocenters. The minimum absolute atomic E-state index is 0.311. The van der Waals surface area contributed by atoms with Crippen molar-refractivity contribution in [1.82, 2.24) is 4.90 Å². The molecule has 108 valence electrons. The first kappa shape index (κ1) is 16.4. The Balaban J connectivity index is 2.77. The van der Waals surface area contributed by atoms with Gasteiger partial charge >= 0.3 is 0 Å². The number of aliphatic hydroxyl groups is 4. The van der Waals surface area contributed by atoms with Crippen LogP contribution in [0.15, 0.2) is 0 Å². The molecule has 18 heavy (non-hydrogen) atoms. The third-order valence-corrected chi connectivity index (χ3v) is 3.31. The van der Waals surface area contributed by atoms with Crippen molar-refractivity contribution in [1.29, 1.82) is 0 Å². The number of nitrogens with zero attached hydrogens (tertiary/aromatic N) is 1. The molecule has 1 aliphatic heterocycles. The highest BCUT2D eigenvalue weighted by Crippen LogP contribution is 2.23. The molecule has 0 aromatic carbocycles. The van der Waals surface area contributed by atoms with Crippen molar-refractivity contribution in [3.05, 3.63) is 0 Å². The van der Waals surface area contributed by atoms with E-state index in [0.29, 0.717) is 24.8 Å². The SMILES string of the molecule is OCC1OC(N(CCCl)CCCl)C(O)C(O)C1O. The summed E-state index contributed by atoms with van der Waals surface area (Å²) >= 11 is 11.3. The van der Waals surface area contributed by atoms with Crippen molar-refractivity contribution >= 4 is 23.2 Å². The molecule has 0 spiro atoms. The van der Waals surface area contributed by atoms with Crippen LogP contribution in [0.5, 0.6) is 0 Å². The fourth-order valence-electron chi connectivity index (χ4n) is 1.97. The van der Waals surface area contributed by atoms with Crippen LogP contribution in [0, 0.1) is 0 Å². The average Bonchev–Trinajstić information content (AvgIpc) is 2.36. The zero-order valence-corrected chi connectivity index (χ0v) is 11.3. The van der Waals surface area contributed by atoms with Gasteiger partial charge in [0.05, 0.1) is 6.61 Å². The second kappa shape index (κ2) is 7.81. The van der Waals surface area contributed by atoms with Crippen LogP contribution in [-0.2, 0) is 4.74 Å². The molecule has 1 saturated heterocycles. The number of hydrogen-bond donors (Lipinski definition) is 4. The summed E-state index contributed by atoms with van der Waals surface area (Å²) < 4.78 is 5.40. The predicted octanol–water partition coefficient (Wildman–Crippen LogP) is -1.43. The Morgan fingerprint density at radius 3 is 1.94 bits per heavy atom. The molecule has 0 bridgehead atoms. The van der Waals surface area contributed by atoms with Gasteiger partial charge in [-0.3, -0.25) is 4.90 Å². The van der Waals surface area contributed by atoms with E-state index >= 15 is 0 Å². The maximum absolute atomic E-state index is 9.90. The summed E-state index contributed by atoms with van der Waals surface area (Å²) in [7, 11) is 0. The van der Waals surface area contributed by atoms with Crippen LogP contribution in [0.25, 0.3) is 0 Å². The van der Waals surface area contributed by atoms with E-state index in [1.807, 2.05) is 0 Å². The second-order valence-electron chi connectivity index (χ2n) is 4.13. The molecular formula is C10H19Cl2NO5. The first-order chi connectivity index (χ1) is 8.56. The zero-order chi connectivity index (χ0) is 13.7. The molecule has 1 rings (SSSR count). The van der Waals surface area contributed by atoms with Gasteiger partial charge in [0.2, 0.25) is 0 Å². The smallest absolute Gasteiger partial charge is 0.140 e. The normalized spacial score (nSPS) is 37.2. The molecule has 5 atom stereocenters. The van der Waals surface area contributed by atoms with Gasteiger partial charge in [0.15, 0.2) is 0 Å². The summed E-state index contributed by atoms with van der Waals surface area (Å²) in [6, 6.07) is 0. The monoisotopic (exact) mass is 303 g/mol. The molecule has 6 nitrogen and oxygen atoms in total. The lowest BCUT2D eigenvalue weighted by Gasteiger charge is -2.44. The van der Waals surface area contributed by atoms with Crippen LogP contribution in [-0.4, -0.2) is 87.4 Å². The first-order valence-electron chi connectivity index (χ1n) is 5.73. The Kier molecular flexibility index (Phi) is 7.12. The molecule has 0 saturated carbocycles. The molecule has 0 aliphatic carbocycles. The van der Waals surface area contributed by atoms with Gasteiger partial charge in [0.1, 0.15) is 30.6 Å². The van der Waals surface area contributed by atoms with E-state index in [0.717, 1.165) is 0 Å². The standard InChI is InChI=1S/C10H19Cl2NO5/c11-1-3-13(4-2-12)10-9(17)8(16)7(15)6(5-14)18-10/h6-10,14-17H,1-5H2. The number of aliphatic hydroxyl groups excluding tert-OH is 4. The van der Waals surface area contributed by atoms with Crippen LogP contribution in [0.4, 0.5) is 0 Å². The Morgan fingerprint density at radius 1 is 0.944 bits per heavy atom. The molecule has 1 fully saturated rings. The molecule has 4 N–H and O–H groups in total. The fraction of sp³-hybridized carbons (Fsp3) is 1.00. The van der Waals surface area contributed by atoms with E-state index < -0.39 is 37.3 Å².